The van der Waals surface area contributed by atoms with Gasteiger partial charge in [-0.3, -0.25) is 0 Å². The lowest BCUT2D eigenvalue weighted by molar-refractivity contribution is 0.0891. The molecule has 1 fully saturated rings. The third-order valence-electron chi connectivity index (χ3n) is 4.76. The van der Waals surface area contributed by atoms with Gasteiger partial charge in [0.15, 0.2) is 0 Å². The van der Waals surface area contributed by atoms with Crippen molar-refractivity contribution < 1.29 is 14.2 Å². The van der Waals surface area contributed by atoms with Crippen molar-refractivity contribution in [3.05, 3.63) is 42.3 Å². The van der Waals surface area contributed by atoms with Crippen molar-refractivity contribution in [1.82, 2.24) is 9.97 Å². The zero-order valence-corrected chi connectivity index (χ0v) is 14.0. The van der Waals surface area contributed by atoms with Crippen molar-refractivity contribution in [3.63, 3.8) is 0 Å². The molecule has 25 heavy (non-hydrogen) atoms. The van der Waals surface area contributed by atoms with Crippen LogP contribution in [-0.4, -0.2) is 41.4 Å². The van der Waals surface area contributed by atoms with E-state index in [-0.39, 0.29) is 11.9 Å². The third-order valence-corrected chi connectivity index (χ3v) is 4.76. The van der Waals surface area contributed by atoms with Crippen LogP contribution in [0, 0.1) is 5.95 Å². The van der Waals surface area contributed by atoms with Crippen LogP contribution in [0.25, 0.3) is 22.2 Å². The van der Waals surface area contributed by atoms with Crippen LogP contribution < -0.4 is 4.90 Å². The van der Waals surface area contributed by atoms with E-state index < -0.39 is 5.95 Å². The maximum absolute atomic E-state index is 14.6. The van der Waals surface area contributed by atoms with Gasteiger partial charge < -0.3 is 19.7 Å². The van der Waals surface area contributed by atoms with Gasteiger partial charge in [0.05, 0.1) is 17.4 Å². The number of piperidine rings is 1. The van der Waals surface area contributed by atoms with E-state index >= 15 is 0 Å². The van der Waals surface area contributed by atoms with Crippen LogP contribution in [0.2, 0.25) is 0 Å². The van der Waals surface area contributed by atoms with E-state index in [0.29, 0.717) is 17.1 Å². The number of phenols is 1. The van der Waals surface area contributed by atoms with Crippen LogP contribution in [0.3, 0.4) is 0 Å². The summed E-state index contributed by atoms with van der Waals surface area (Å²) in [7, 11) is 1.71. The van der Waals surface area contributed by atoms with Crippen molar-refractivity contribution in [2.45, 2.75) is 18.9 Å². The molecule has 6 heteroatoms. The molecule has 130 valence electrons. The maximum Gasteiger partial charge on any atom is 0.224 e. The van der Waals surface area contributed by atoms with Gasteiger partial charge in [0.1, 0.15) is 11.6 Å². The smallest absolute Gasteiger partial charge is 0.224 e. The van der Waals surface area contributed by atoms with Gasteiger partial charge in [0.2, 0.25) is 5.95 Å². The lowest BCUT2D eigenvalue weighted by Gasteiger charge is -2.32. The predicted octanol–water partition coefficient (Wildman–Crippen LogP) is 3.69. The Kier molecular flexibility index (Phi) is 4.05. The number of H-pyrrole nitrogens is 1. The molecule has 1 atom stereocenters. The molecule has 5 nitrogen and oxygen atoms in total. The summed E-state index contributed by atoms with van der Waals surface area (Å²) in [6.07, 6.45) is 2.20. The Morgan fingerprint density at radius 2 is 2.16 bits per heavy atom. The molecule has 0 aliphatic carbocycles. The van der Waals surface area contributed by atoms with Crippen molar-refractivity contribution in [3.8, 4) is 17.0 Å². The molecule has 3 aromatic rings. The van der Waals surface area contributed by atoms with Gasteiger partial charge in [-0.1, -0.05) is 0 Å². The summed E-state index contributed by atoms with van der Waals surface area (Å²) in [6, 6.07) is 10.4. The van der Waals surface area contributed by atoms with Crippen molar-refractivity contribution in [1.29, 1.82) is 0 Å². The zero-order chi connectivity index (χ0) is 17.4. The number of benzene rings is 1. The second-order valence-electron chi connectivity index (χ2n) is 6.41. The fraction of sp³-hybridized carbons (Fsp3) is 0.316. The third kappa shape index (κ3) is 3.05. The highest BCUT2D eigenvalue weighted by atomic mass is 18.2. The number of aromatic amines is 1. The molecule has 1 saturated heterocycles. The summed E-state index contributed by atoms with van der Waals surface area (Å²) in [6.45, 7) is 1.59. The molecule has 0 unspecified atom stereocenters. The SMILES string of the molecule is CO[C@H]1CCCN(c2ccc(-c3cc4cc(O)ccc4[nH]3)c([18F])n2)C1. The number of rotatable bonds is 3. The van der Waals surface area contributed by atoms with Gasteiger partial charge >= 0.3 is 0 Å². The number of aromatic nitrogens is 2. The minimum atomic E-state index is -0.507. The van der Waals surface area contributed by atoms with Gasteiger partial charge in [-0.15, -0.1) is 0 Å². The highest BCUT2D eigenvalue weighted by Crippen LogP contribution is 2.29. The van der Waals surface area contributed by atoms with Gasteiger partial charge in [0.25, 0.3) is 0 Å². The molecular weight excluding hydrogens is 320 g/mol. The largest absolute Gasteiger partial charge is 0.508 e. The first-order chi connectivity index (χ1) is 12.1. The number of methoxy groups -OCH3 is 1. The molecule has 0 saturated carbocycles. The second kappa shape index (κ2) is 6.37. The molecule has 0 amide bonds. The van der Waals surface area contributed by atoms with E-state index in [4.69, 9.17) is 4.74 Å². The molecule has 1 aliphatic heterocycles. The Morgan fingerprint density at radius 3 is 2.96 bits per heavy atom. The van der Waals surface area contributed by atoms with Crippen LogP contribution in [0.15, 0.2) is 36.4 Å². The van der Waals surface area contributed by atoms with Gasteiger partial charge in [-0.25, -0.2) is 4.98 Å². The number of pyridine rings is 1. The lowest BCUT2D eigenvalue weighted by Crippen LogP contribution is -2.39. The second-order valence-corrected chi connectivity index (χ2v) is 6.41. The number of phenolic OH excluding ortho intramolecular Hbond substituents is 1. The highest BCUT2D eigenvalue weighted by Gasteiger charge is 2.21. The predicted molar refractivity (Wildman–Crippen MR) is 95.4 cm³/mol. The maximum atomic E-state index is 14.6. The average molecular weight is 340 g/mol. The molecule has 3 heterocycles. The van der Waals surface area contributed by atoms with E-state index in [1.807, 2.05) is 12.1 Å². The summed E-state index contributed by atoms with van der Waals surface area (Å²) in [5, 5.41) is 10.4. The molecule has 1 aromatic carbocycles. The molecule has 2 aromatic heterocycles. The van der Waals surface area contributed by atoms with E-state index in [0.717, 1.165) is 36.8 Å². The summed E-state index contributed by atoms with van der Waals surface area (Å²) < 4.78 is 20.1. The quantitative estimate of drug-likeness (QED) is 0.714. The molecule has 0 spiro atoms. The van der Waals surface area contributed by atoms with Crippen LogP contribution in [0.5, 0.6) is 5.75 Å². The number of nitrogens with zero attached hydrogens (tertiary/aromatic N) is 2. The van der Waals surface area contributed by atoms with Crippen LogP contribution in [0.1, 0.15) is 12.8 Å². The molecular formula is C19H20FN3O2. The summed E-state index contributed by atoms with van der Waals surface area (Å²) >= 11 is 0. The van der Waals surface area contributed by atoms with Gasteiger partial charge in [-0.2, -0.15) is 4.39 Å². The Hall–Kier alpha value is -2.60. The first-order valence-corrected chi connectivity index (χ1v) is 8.40. The van der Waals surface area contributed by atoms with E-state index in [1.54, 1.807) is 31.4 Å². The first-order valence-electron chi connectivity index (χ1n) is 8.40. The van der Waals surface area contributed by atoms with Gasteiger partial charge in [0, 0.05) is 31.1 Å². The summed E-state index contributed by atoms with van der Waals surface area (Å²) in [5.74, 6) is 0.314. The minimum absolute atomic E-state index is 0.166. The number of nitrogens with one attached hydrogen (secondary N) is 1. The fourth-order valence-electron chi connectivity index (χ4n) is 3.41. The zero-order valence-electron chi connectivity index (χ0n) is 14.0. The number of halogens is 1. The Bertz CT molecular complexity index is 909. The summed E-state index contributed by atoms with van der Waals surface area (Å²) in [4.78, 5) is 9.40. The van der Waals surface area contributed by atoms with Crippen molar-refractivity contribution in [2.24, 2.45) is 0 Å². The Balaban J connectivity index is 1.64. The number of aromatic hydroxyl groups is 1. The number of hydrogen-bond donors (Lipinski definition) is 2. The standard InChI is InChI=1S/C19H20FN3O2/c1-25-14-3-2-8-23(11-14)18-7-5-15(19(20)22-18)17-10-12-9-13(24)4-6-16(12)21-17/h4-7,9-10,14,21,24H,2-3,8,11H2,1H3/t14-/m0/s1/i20-1. The van der Waals surface area contributed by atoms with Crippen molar-refractivity contribution in [2.75, 3.05) is 25.1 Å². The van der Waals surface area contributed by atoms with Crippen LogP contribution in [0.4, 0.5) is 10.2 Å². The fourth-order valence-corrected chi connectivity index (χ4v) is 3.41. The number of ether oxygens (including phenoxy) is 1. The Morgan fingerprint density at radius 1 is 1.28 bits per heavy atom. The monoisotopic (exact) mass is 340 g/mol. The Labute approximate surface area is 145 Å². The molecule has 4 rings (SSSR count). The lowest BCUT2D eigenvalue weighted by atomic mass is 10.1. The normalized spacial score (nSPS) is 18.0. The minimum Gasteiger partial charge on any atom is -0.508 e. The topological polar surface area (TPSA) is 61.4 Å². The molecule has 0 bridgehead atoms. The van der Waals surface area contributed by atoms with Crippen molar-refractivity contribution >= 4 is 16.7 Å². The van der Waals surface area contributed by atoms with Crippen LogP contribution >= 0.6 is 0 Å². The average Bonchev–Trinajstić information content (AvgIpc) is 3.04. The van der Waals surface area contributed by atoms with E-state index in [9.17, 15) is 9.50 Å². The van der Waals surface area contributed by atoms with E-state index in [2.05, 4.69) is 14.9 Å². The first kappa shape index (κ1) is 15.9. The van der Waals surface area contributed by atoms with Gasteiger partial charge in [-0.05, 0) is 49.2 Å². The number of anilines is 1. The molecule has 1 aliphatic rings. The summed E-state index contributed by atoms with van der Waals surface area (Å²) in [5.41, 5.74) is 1.90. The molecule has 0 radical (unpaired) electrons. The number of hydrogen-bond acceptors (Lipinski definition) is 4. The van der Waals surface area contributed by atoms with E-state index in [1.165, 1.54) is 0 Å². The molecule has 2 N–H and O–H groups in total. The number of fused-ring (bicyclic) bond motifs is 1. The van der Waals surface area contributed by atoms with Crippen LogP contribution in [-0.2, 0) is 4.74 Å². The highest BCUT2D eigenvalue weighted by molar-refractivity contribution is 5.87.